The van der Waals surface area contributed by atoms with E-state index in [1.165, 1.54) is 28.6 Å². The van der Waals surface area contributed by atoms with Crippen molar-refractivity contribution in [2.75, 3.05) is 46.1 Å². The van der Waals surface area contributed by atoms with Gasteiger partial charge in [-0.1, -0.05) is 13.8 Å². The standard InChI is InChI=1S/C23H40N2O6S/c1-3-14-25(15-4-2)32(29,30)22-10-8-21(9-11-22)23(28)24-13-6-18-31-19-20(12-17-27)7-5-16-26/h8-11,20,26-27H,3-7,12-19H2,1-2H3,(H,24,28). The van der Waals surface area contributed by atoms with E-state index >= 15 is 0 Å². The van der Waals surface area contributed by atoms with Crippen LogP contribution in [0.25, 0.3) is 0 Å². The highest BCUT2D eigenvalue weighted by Gasteiger charge is 2.23. The van der Waals surface area contributed by atoms with Crippen molar-refractivity contribution < 1.29 is 28.2 Å². The van der Waals surface area contributed by atoms with Gasteiger partial charge in [-0.3, -0.25) is 4.79 Å². The fourth-order valence-corrected chi connectivity index (χ4v) is 5.00. The van der Waals surface area contributed by atoms with Crippen LogP contribution in [0.5, 0.6) is 0 Å². The third-order valence-electron chi connectivity index (χ3n) is 5.11. The van der Waals surface area contributed by atoms with Crippen LogP contribution in [-0.2, 0) is 14.8 Å². The number of nitrogens with one attached hydrogen (secondary N) is 1. The lowest BCUT2D eigenvalue weighted by atomic mass is 10.0. The Morgan fingerprint density at radius 1 is 1.03 bits per heavy atom. The number of benzene rings is 1. The molecule has 0 fully saturated rings. The maximum absolute atomic E-state index is 12.8. The molecule has 1 amide bonds. The lowest BCUT2D eigenvalue weighted by Gasteiger charge is -2.21. The third-order valence-corrected chi connectivity index (χ3v) is 7.03. The van der Waals surface area contributed by atoms with Crippen LogP contribution in [0.1, 0.15) is 62.7 Å². The normalized spacial score (nSPS) is 12.8. The summed E-state index contributed by atoms with van der Waals surface area (Å²) in [6.07, 6.45) is 4.29. The van der Waals surface area contributed by atoms with Crippen LogP contribution < -0.4 is 5.32 Å². The van der Waals surface area contributed by atoms with E-state index < -0.39 is 10.0 Å². The summed E-state index contributed by atoms with van der Waals surface area (Å²) in [6, 6.07) is 6.05. The van der Waals surface area contributed by atoms with Crippen LogP contribution in [0.4, 0.5) is 0 Å². The number of rotatable bonds is 18. The summed E-state index contributed by atoms with van der Waals surface area (Å²) >= 11 is 0. The maximum Gasteiger partial charge on any atom is 0.251 e. The van der Waals surface area contributed by atoms with E-state index in [2.05, 4.69) is 5.32 Å². The number of carbonyl (C=O) groups excluding carboxylic acids is 1. The number of aliphatic hydroxyl groups is 2. The number of hydrogen-bond acceptors (Lipinski definition) is 6. The molecule has 1 aromatic carbocycles. The predicted octanol–water partition coefficient (Wildman–Crippen LogP) is 2.40. The zero-order valence-electron chi connectivity index (χ0n) is 19.5. The average Bonchev–Trinajstić information content (AvgIpc) is 2.79. The molecule has 8 nitrogen and oxygen atoms in total. The molecule has 0 spiro atoms. The van der Waals surface area contributed by atoms with Crippen molar-refractivity contribution in [1.29, 1.82) is 0 Å². The second-order valence-corrected chi connectivity index (χ2v) is 9.79. The number of aliphatic hydroxyl groups excluding tert-OH is 2. The third kappa shape index (κ3) is 9.95. The molecule has 32 heavy (non-hydrogen) atoms. The first-order chi connectivity index (χ1) is 15.4. The molecule has 184 valence electrons. The minimum absolute atomic E-state index is 0.102. The Kier molecular flexibility index (Phi) is 14.4. The van der Waals surface area contributed by atoms with Gasteiger partial charge in [-0.25, -0.2) is 8.42 Å². The molecule has 0 aliphatic heterocycles. The molecule has 1 atom stereocenters. The fraction of sp³-hybridized carbons (Fsp3) is 0.696. The molecule has 0 bridgehead atoms. The van der Waals surface area contributed by atoms with Crippen molar-refractivity contribution in [1.82, 2.24) is 9.62 Å². The van der Waals surface area contributed by atoms with E-state index in [0.29, 0.717) is 57.7 Å². The highest BCUT2D eigenvalue weighted by Crippen LogP contribution is 2.17. The minimum atomic E-state index is -3.56. The van der Waals surface area contributed by atoms with Gasteiger partial charge in [-0.15, -0.1) is 0 Å². The van der Waals surface area contributed by atoms with Crippen molar-refractivity contribution in [2.45, 2.75) is 57.3 Å². The molecule has 1 aromatic rings. The van der Waals surface area contributed by atoms with Crippen molar-refractivity contribution >= 4 is 15.9 Å². The smallest absolute Gasteiger partial charge is 0.251 e. The molecule has 0 aromatic heterocycles. The van der Waals surface area contributed by atoms with E-state index in [-0.39, 0.29) is 29.9 Å². The Balaban J connectivity index is 2.46. The molecule has 0 saturated heterocycles. The zero-order valence-corrected chi connectivity index (χ0v) is 20.3. The van der Waals surface area contributed by atoms with E-state index in [9.17, 15) is 13.2 Å². The second kappa shape index (κ2) is 16.1. The van der Waals surface area contributed by atoms with Crippen LogP contribution >= 0.6 is 0 Å². The molecular formula is C23H40N2O6S. The number of ether oxygens (including phenoxy) is 1. The van der Waals surface area contributed by atoms with Gasteiger partial charge < -0.3 is 20.3 Å². The highest BCUT2D eigenvalue weighted by atomic mass is 32.2. The van der Waals surface area contributed by atoms with Gasteiger partial charge >= 0.3 is 0 Å². The summed E-state index contributed by atoms with van der Waals surface area (Å²) in [4.78, 5) is 12.5. The molecule has 1 rings (SSSR count). The number of sulfonamides is 1. The molecule has 9 heteroatoms. The zero-order chi connectivity index (χ0) is 23.8. The summed E-state index contributed by atoms with van der Waals surface area (Å²) in [5.74, 6) is -0.0314. The van der Waals surface area contributed by atoms with Crippen molar-refractivity contribution in [2.24, 2.45) is 5.92 Å². The largest absolute Gasteiger partial charge is 0.396 e. The minimum Gasteiger partial charge on any atom is -0.396 e. The molecule has 3 N–H and O–H groups in total. The maximum atomic E-state index is 12.8. The number of carbonyl (C=O) groups is 1. The quantitative estimate of drug-likeness (QED) is 0.283. The van der Waals surface area contributed by atoms with Gasteiger partial charge in [0.1, 0.15) is 0 Å². The van der Waals surface area contributed by atoms with Gasteiger partial charge in [0.15, 0.2) is 0 Å². The summed E-state index contributed by atoms with van der Waals surface area (Å²) in [5.41, 5.74) is 0.411. The van der Waals surface area contributed by atoms with Gasteiger partial charge in [-0.05, 0) is 68.7 Å². The molecule has 0 aliphatic rings. The van der Waals surface area contributed by atoms with Gasteiger partial charge in [-0.2, -0.15) is 4.31 Å². The topological polar surface area (TPSA) is 116 Å². The van der Waals surface area contributed by atoms with Gasteiger partial charge in [0.25, 0.3) is 5.91 Å². The first-order valence-corrected chi connectivity index (χ1v) is 13.0. The lowest BCUT2D eigenvalue weighted by molar-refractivity contribution is 0.0787. The number of nitrogens with zero attached hydrogens (tertiary/aromatic N) is 1. The van der Waals surface area contributed by atoms with Crippen molar-refractivity contribution in [3.8, 4) is 0 Å². The van der Waals surface area contributed by atoms with Gasteiger partial charge in [0, 0.05) is 51.6 Å². The SMILES string of the molecule is CCCN(CCC)S(=O)(=O)c1ccc(C(=O)NCCCOCC(CCO)CCCO)cc1. The monoisotopic (exact) mass is 472 g/mol. The van der Waals surface area contributed by atoms with Crippen molar-refractivity contribution in [3.63, 3.8) is 0 Å². The van der Waals surface area contributed by atoms with E-state index in [0.717, 1.165) is 19.3 Å². The Morgan fingerprint density at radius 2 is 1.69 bits per heavy atom. The Morgan fingerprint density at radius 3 is 2.25 bits per heavy atom. The summed E-state index contributed by atoms with van der Waals surface area (Å²) in [7, 11) is -3.56. The molecule has 0 saturated carbocycles. The lowest BCUT2D eigenvalue weighted by Crippen LogP contribution is -2.32. The summed E-state index contributed by atoms with van der Waals surface area (Å²) in [6.45, 7) is 6.54. The van der Waals surface area contributed by atoms with Crippen LogP contribution in [0.2, 0.25) is 0 Å². The first kappa shape index (κ1) is 28.5. The van der Waals surface area contributed by atoms with E-state index in [1.807, 2.05) is 13.8 Å². The summed E-state index contributed by atoms with van der Waals surface area (Å²) in [5, 5.41) is 20.8. The van der Waals surface area contributed by atoms with Gasteiger partial charge in [0.2, 0.25) is 10.0 Å². The summed E-state index contributed by atoms with van der Waals surface area (Å²) < 4.78 is 32.7. The van der Waals surface area contributed by atoms with E-state index in [4.69, 9.17) is 14.9 Å². The average molecular weight is 473 g/mol. The number of amides is 1. The van der Waals surface area contributed by atoms with Crippen LogP contribution in [0.3, 0.4) is 0 Å². The molecular weight excluding hydrogens is 432 g/mol. The molecule has 0 heterocycles. The van der Waals surface area contributed by atoms with Crippen molar-refractivity contribution in [3.05, 3.63) is 29.8 Å². The second-order valence-electron chi connectivity index (χ2n) is 7.86. The van der Waals surface area contributed by atoms with Gasteiger partial charge in [0.05, 0.1) is 4.90 Å². The Hall–Kier alpha value is -1.52. The van der Waals surface area contributed by atoms with Crippen LogP contribution in [0, 0.1) is 5.92 Å². The molecule has 0 aliphatic carbocycles. The predicted molar refractivity (Wildman–Crippen MR) is 125 cm³/mol. The van der Waals surface area contributed by atoms with Crippen LogP contribution in [-0.4, -0.2) is 74.9 Å². The Bertz CT molecular complexity index is 733. The fourth-order valence-electron chi connectivity index (χ4n) is 3.38. The first-order valence-electron chi connectivity index (χ1n) is 11.6. The number of hydrogen-bond donors (Lipinski definition) is 3. The van der Waals surface area contributed by atoms with E-state index in [1.54, 1.807) is 0 Å². The molecule has 0 radical (unpaired) electrons. The van der Waals surface area contributed by atoms with Crippen LogP contribution in [0.15, 0.2) is 29.2 Å². The molecule has 1 unspecified atom stereocenters. The highest BCUT2D eigenvalue weighted by molar-refractivity contribution is 7.89. The Labute approximate surface area is 193 Å².